The van der Waals surface area contributed by atoms with Gasteiger partial charge in [0.1, 0.15) is 0 Å². The van der Waals surface area contributed by atoms with Gasteiger partial charge in [-0.3, -0.25) is 14.7 Å². The molecule has 2 aliphatic rings. The minimum atomic E-state index is -0.0617. The van der Waals surface area contributed by atoms with E-state index in [9.17, 15) is 4.79 Å². The number of rotatable bonds is 2. The number of methoxy groups -OCH3 is 2. The van der Waals surface area contributed by atoms with Crippen LogP contribution in [0.1, 0.15) is 15.9 Å². The fourth-order valence-electron chi connectivity index (χ4n) is 3.24. The second-order valence-corrected chi connectivity index (χ2v) is 5.58. The molecule has 116 valence electrons. The molecule has 2 aliphatic heterocycles. The zero-order chi connectivity index (χ0) is 16.0. The molecule has 4 rings (SSSR count). The first-order valence-electron chi connectivity index (χ1n) is 7.44. The van der Waals surface area contributed by atoms with Crippen LogP contribution >= 0.6 is 0 Å². The molecular weight excluding hydrogens is 292 g/mol. The van der Waals surface area contributed by atoms with Crippen LogP contribution in [0.4, 0.5) is 11.4 Å². The van der Waals surface area contributed by atoms with Crippen molar-refractivity contribution < 1.29 is 14.3 Å². The lowest BCUT2D eigenvalue weighted by atomic mass is 10.1. The van der Waals surface area contributed by atoms with Crippen molar-refractivity contribution in [2.75, 3.05) is 19.1 Å². The number of anilines is 1. The maximum atomic E-state index is 13.1. The summed E-state index contributed by atoms with van der Waals surface area (Å²) in [6.07, 6.45) is 2.63. The summed E-state index contributed by atoms with van der Waals surface area (Å²) in [6.45, 7) is 0. The molecule has 0 saturated carbocycles. The van der Waals surface area contributed by atoms with Crippen molar-refractivity contribution in [3.63, 3.8) is 0 Å². The van der Waals surface area contributed by atoms with Crippen molar-refractivity contribution in [1.29, 1.82) is 0 Å². The van der Waals surface area contributed by atoms with Crippen LogP contribution in [-0.4, -0.2) is 32.4 Å². The number of fused-ring (bicyclic) bond motifs is 4. The lowest BCUT2D eigenvalue weighted by Crippen LogP contribution is -2.37. The monoisotopic (exact) mass is 308 g/mol. The van der Waals surface area contributed by atoms with Gasteiger partial charge in [-0.2, -0.15) is 0 Å². The van der Waals surface area contributed by atoms with E-state index in [1.165, 1.54) is 5.56 Å². The van der Waals surface area contributed by atoms with Gasteiger partial charge >= 0.3 is 0 Å². The summed E-state index contributed by atoms with van der Waals surface area (Å²) in [7, 11) is 3.13. The van der Waals surface area contributed by atoms with E-state index in [4.69, 9.17) is 9.47 Å². The number of carbonyl (C=O) groups excluding carboxylic acids is 1. The number of nitrogens with zero attached hydrogens (tertiary/aromatic N) is 2. The number of hydrogen-bond acceptors (Lipinski definition) is 4. The number of amides is 1. The van der Waals surface area contributed by atoms with E-state index in [1.807, 2.05) is 29.3 Å². The highest BCUT2D eigenvalue weighted by Gasteiger charge is 2.36. The Labute approximate surface area is 134 Å². The van der Waals surface area contributed by atoms with Crippen molar-refractivity contribution in [2.24, 2.45) is 4.99 Å². The molecule has 0 N–H and O–H groups in total. The molecule has 1 unspecified atom stereocenters. The minimum Gasteiger partial charge on any atom is -0.493 e. The fourth-order valence-corrected chi connectivity index (χ4v) is 3.24. The van der Waals surface area contributed by atoms with E-state index >= 15 is 0 Å². The van der Waals surface area contributed by atoms with Gasteiger partial charge in [0, 0.05) is 24.4 Å². The molecule has 2 aromatic rings. The molecule has 0 spiro atoms. The smallest absolute Gasteiger partial charge is 0.261 e. The van der Waals surface area contributed by atoms with Gasteiger partial charge in [0.05, 0.1) is 31.5 Å². The zero-order valence-corrected chi connectivity index (χ0v) is 12.9. The van der Waals surface area contributed by atoms with Crippen LogP contribution in [0.2, 0.25) is 0 Å². The number of carbonyl (C=O) groups is 1. The summed E-state index contributed by atoms with van der Waals surface area (Å²) in [5, 5.41) is 0. The summed E-state index contributed by atoms with van der Waals surface area (Å²) in [6, 6.07) is 11.4. The van der Waals surface area contributed by atoms with Crippen LogP contribution in [-0.2, 0) is 6.42 Å². The second-order valence-electron chi connectivity index (χ2n) is 5.58. The van der Waals surface area contributed by atoms with Crippen molar-refractivity contribution in [2.45, 2.75) is 12.5 Å². The van der Waals surface area contributed by atoms with Crippen molar-refractivity contribution >= 4 is 23.5 Å². The summed E-state index contributed by atoms with van der Waals surface area (Å²) in [4.78, 5) is 19.4. The summed E-state index contributed by atoms with van der Waals surface area (Å²) in [5.74, 6) is 1.03. The van der Waals surface area contributed by atoms with E-state index < -0.39 is 0 Å². The maximum absolute atomic E-state index is 13.1. The Morgan fingerprint density at radius 3 is 2.65 bits per heavy atom. The highest BCUT2D eigenvalue weighted by atomic mass is 16.5. The highest BCUT2D eigenvalue weighted by molar-refractivity contribution is 6.14. The van der Waals surface area contributed by atoms with Gasteiger partial charge in [-0.1, -0.05) is 18.2 Å². The highest BCUT2D eigenvalue weighted by Crippen LogP contribution is 2.40. The predicted molar refractivity (Wildman–Crippen MR) is 88.4 cm³/mol. The topological polar surface area (TPSA) is 51.1 Å². The Morgan fingerprint density at radius 2 is 1.87 bits per heavy atom. The summed E-state index contributed by atoms with van der Waals surface area (Å²) in [5.41, 5.74) is 3.26. The number of ether oxygens (including phenoxy) is 2. The van der Waals surface area contributed by atoms with Gasteiger partial charge in [0.2, 0.25) is 0 Å². The van der Waals surface area contributed by atoms with Crippen LogP contribution in [0.25, 0.3) is 0 Å². The Balaban J connectivity index is 1.87. The van der Waals surface area contributed by atoms with Crippen LogP contribution in [0.3, 0.4) is 0 Å². The van der Waals surface area contributed by atoms with Gasteiger partial charge in [-0.05, 0) is 17.7 Å². The summed E-state index contributed by atoms with van der Waals surface area (Å²) < 4.78 is 10.6. The van der Waals surface area contributed by atoms with Gasteiger partial charge in [-0.15, -0.1) is 0 Å². The number of hydrogen-bond donors (Lipinski definition) is 0. The second kappa shape index (κ2) is 5.12. The SMILES string of the molecule is COc1cc2c(cc1OC)C(=O)N1c3ccccc3CC1C=N2. The average Bonchev–Trinajstić information content (AvgIpc) is 2.90. The van der Waals surface area contributed by atoms with Crippen LogP contribution in [0, 0.1) is 0 Å². The van der Waals surface area contributed by atoms with E-state index in [2.05, 4.69) is 11.1 Å². The Morgan fingerprint density at radius 1 is 1.13 bits per heavy atom. The van der Waals surface area contributed by atoms with Gasteiger partial charge in [0.15, 0.2) is 11.5 Å². The molecule has 0 aromatic heterocycles. The lowest BCUT2D eigenvalue weighted by molar-refractivity contribution is 0.0986. The first kappa shape index (κ1) is 13.8. The molecular formula is C18H16N2O3. The first-order valence-corrected chi connectivity index (χ1v) is 7.44. The lowest BCUT2D eigenvalue weighted by Gasteiger charge is -2.21. The molecule has 2 aromatic carbocycles. The standard InChI is InChI=1S/C18H16N2O3/c1-22-16-8-13-14(9-17(16)23-2)19-10-12-7-11-5-3-4-6-15(11)20(12)18(13)21/h3-6,8-10,12H,7H2,1-2H3. The maximum Gasteiger partial charge on any atom is 0.261 e. The third kappa shape index (κ3) is 2.00. The van der Waals surface area contributed by atoms with Gasteiger partial charge in [-0.25, -0.2) is 0 Å². The van der Waals surface area contributed by atoms with E-state index in [0.29, 0.717) is 22.7 Å². The Kier molecular flexibility index (Phi) is 3.08. The molecule has 0 bridgehead atoms. The quantitative estimate of drug-likeness (QED) is 0.857. The van der Waals surface area contributed by atoms with Crippen molar-refractivity contribution in [3.05, 3.63) is 47.5 Å². The molecule has 1 atom stereocenters. The number of benzene rings is 2. The van der Waals surface area contributed by atoms with Crippen LogP contribution in [0.5, 0.6) is 11.5 Å². The third-order valence-electron chi connectivity index (χ3n) is 4.35. The molecule has 0 saturated heterocycles. The average molecular weight is 308 g/mol. The van der Waals surface area contributed by atoms with E-state index in [-0.39, 0.29) is 11.9 Å². The Hall–Kier alpha value is -2.82. The minimum absolute atomic E-state index is 0.0516. The fraction of sp³-hybridized carbons (Fsp3) is 0.222. The molecule has 5 nitrogen and oxygen atoms in total. The van der Waals surface area contributed by atoms with E-state index in [1.54, 1.807) is 26.4 Å². The largest absolute Gasteiger partial charge is 0.493 e. The van der Waals surface area contributed by atoms with Gasteiger partial charge in [0.25, 0.3) is 5.91 Å². The Bertz CT molecular complexity index is 829. The predicted octanol–water partition coefficient (Wildman–Crippen LogP) is 2.99. The molecule has 1 amide bonds. The van der Waals surface area contributed by atoms with Crippen LogP contribution in [0.15, 0.2) is 41.4 Å². The summed E-state index contributed by atoms with van der Waals surface area (Å²) >= 11 is 0. The number of para-hydroxylation sites is 1. The van der Waals surface area contributed by atoms with Gasteiger partial charge < -0.3 is 9.47 Å². The molecule has 0 radical (unpaired) electrons. The molecule has 5 heteroatoms. The zero-order valence-electron chi connectivity index (χ0n) is 12.9. The molecule has 2 heterocycles. The van der Waals surface area contributed by atoms with E-state index in [0.717, 1.165) is 12.1 Å². The van der Waals surface area contributed by atoms with Crippen molar-refractivity contribution in [1.82, 2.24) is 0 Å². The molecule has 23 heavy (non-hydrogen) atoms. The molecule has 0 aliphatic carbocycles. The number of aliphatic imine (C=N–C) groups is 1. The third-order valence-corrected chi connectivity index (χ3v) is 4.35. The van der Waals surface area contributed by atoms with Crippen LogP contribution < -0.4 is 14.4 Å². The first-order chi connectivity index (χ1) is 11.2. The molecule has 0 fully saturated rings. The normalized spacial score (nSPS) is 18.1. The van der Waals surface area contributed by atoms with Crippen molar-refractivity contribution in [3.8, 4) is 11.5 Å².